The van der Waals surface area contributed by atoms with Crippen molar-refractivity contribution in [1.82, 2.24) is 16.0 Å². The molecule has 1 amide bonds. The number of nitrogens with zero attached hydrogens (tertiary/aromatic N) is 1. The maximum atomic E-state index is 12.1. The summed E-state index contributed by atoms with van der Waals surface area (Å²) < 4.78 is 5.42. The lowest BCUT2D eigenvalue weighted by molar-refractivity contribution is -0.136. The quantitative estimate of drug-likeness (QED) is 0.569. The van der Waals surface area contributed by atoms with Crippen LogP contribution in [-0.4, -0.2) is 33.3 Å². The number of rotatable bonds is 5. The number of aromatic nitrogens is 1. The molecule has 2 heterocycles. The van der Waals surface area contributed by atoms with Crippen molar-refractivity contribution in [1.29, 1.82) is 0 Å². The average molecular weight is 347 g/mol. The molecule has 0 unspecified atom stereocenters. The van der Waals surface area contributed by atoms with Crippen LogP contribution in [0.3, 0.4) is 0 Å². The van der Waals surface area contributed by atoms with Crippen molar-refractivity contribution in [3.8, 4) is 11.3 Å². The molecule has 3 rings (SSSR count). The number of aryl methyl sites for hydroxylation is 1. The smallest absolute Gasteiger partial charge is 0.263 e. The molecule has 0 bridgehead atoms. The van der Waals surface area contributed by atoms with E-state index < -0.39 is 5.54 Å². The van der Waals surface area contributed by atoms with Crippen LogP contribution in [-0.2, 0) is 11.3 Å². The molecule has 24 heavy (non-hydrogen) atoms. The van der Waals surface area contributed by atoms with Crippen LogP contribution in [0.5, 0.6) is 0 Å². The first-order chi connectivity index (χ1) is 11.6. The maximum Gasteiger partial charge on any atom is 0.263 e. The maximum absolute atomic E-state index is 12.1. The summed E-state index contributed by atoms with van der Waals surface area (Å²) in [6.45, 7) is 2.44. The Balaban J connectivity index is 1.71. The molecular formula is C17H21N3O3S. The molecule has 6 nitrogen and oxygen atoms in total. The molecule has 1 aliphatic rings. The second-order valence-electron chi connectivity index (χ2n) is 6.04. The van der Waals surface area contributed by atoms with Crippen LogP contribution < -0.4 is 10.8 Å². The van der Waals surface area contributed by atoms with Crippen molar-refractivity contribution in [3.63, 3.8) is 0 Å². The number of carbonyl (C=O) groups is 1. The van der Waals surface area contributed by atoms with Crippen LogP contribution in [0, 0.1) is 6.92 Å². The van der Waals surface area contributed by atoms with E-state index in [9.17, 15) is 4.79 Å². The van der Waals surface area contributed by atoms with E-state index in [4.69, 9.17) is 9.73 Å². The largest absolute Gasteiger partial charge is 0.356 e. The Morgan fingerprint density at radius 1 is 1.38 bits per heavy atom. The SMILES string of the molecule is Cc1cccc(-c2cc(CNC3(C(=O)NO)CCSCC3)no2)c1. The number of thioether (sulfide) groups is 1. The number of hydroxylamine groups is 1. The van der Waals surface area contributed by atoms with Gasteiger partial charge in [0.1, 0.15) is 5.54 Å². The van der Waals surface area contributed by atoms with Crippen molar-refractivity contribution < 1.29 is 14.5 Å². The molecule has 128 valence electrons. The van der Waals surface area contributed by atoms with Crippen LogP contribution in [0.4, 0.5) is 0 Å². The fraction of sp³-hybridized carbons (Fsp3) is 0.412. The van der Waals surface area contributed by atoms with E-state index in [2.05, 4.69) is 10.5 Å². The van der Waals surface area contributed by atoms with Gasteiger partial charge < -0.3 is 4.52 Å². The Morgan fingerprint density at radius 3 is 2.88 bits per heavy atom. The molecule has 0 saturated carbocycles. The van der Waals surface area contributed by atoms with E-state index in [-0.39, 0.29) is 5.91 Å². The van der Waals surface area contributed by atoms with Gasteiger partial charge in [-0.3, -0.25) is 15.3 Å². The van der Waals surface area contributed by atoms with E-state index in [0.717, 1.165) is 28.3 Å². The number of amides is 1. The number of benzene rings is 1. The Kier molecular flexibility index (Phi) is 5.23. The van der Waals surface area contributed by atoms with E-state index in [1.54, 1.807) is 5.48 Å². The van der Waals surface area contributed by atoms with Crippen molar-refractivity contribution >= 4 is 17.7 Å². The molecular weight excluding hydrogens is 326 g/mol. The van der Waals surface area contributed by atoms with Gasteiger partial charge in [0.05, 0.1) is 5.69 Å². The molecule has 1 aromatic heterocycles. The summed E-state index contributed by atoms with van der Waals surface area (Å²) in [5, 5.41) is 16.4. The molecule has 2 aromatic rings. The van der Waals surface area contributed by atoms with E-state index >= 15 is 0 Å². The van der Waals surface area contributed by atoms with Gasteiger partial charge in [-0.15, -0.1) is 0 Å². The molecule has 0 radical (unpaired) electrons. The Morgan fingerprint density at radius 2 is 2.17 bits per heavy atom. The highest BCUT2D eigenvalue weighted by molar-refractivity contribution is 7.99. The highest BCUT2D eigenvalue weighted by Crippen LogP contribution is 2.28. The molecule has 0 spiro atoms. The average Bonchev–Trinajstić information content (AvgIpc) is 3.09. The lowest BCUT2D eigenvalue weighted by Crippen LogP contribution is -2.58. The van der Waals surface area contributed by atoms with Gasteiger partial charge >= 0.3 is 0 Å². The van der Waals surface area contributed by atoms with Gasteiger partial charge in [-0.05, 0) is 37.3 Å². The minimum absolute atomic E-state index is 0.384. The molecule has 0 atom stereocenters. The third kappa shape index (κ3) is 3.63. The lowest BCUT2D eigenvalue weighted by atomic mass is 9.91. The van der Waals surface area contributed by atoms with Crippen LogP contribution in [0.1, 0.15) is 24.1 Å². The highest BCUT2D eigenvalue weighted by atomic mass is 32.2. The summed E-state index contributed by atoms with van der Waals surface area (Å²) in [6.07, 6.45) is 1.35. The minimum Gasteiger partial charge on any atom is -0.356 e. The predicted molar refractivity (Wildman–Crippen MR) is 92.7 cm³/mol. The Labute approximate surface area is 145 Å². The van der Waals surface area contributed by atoms with Gasteiger partial charge in [-0.2, -0.15) is 11.8 Å². The normalized spacial score (nSPS) is 16.8. The van der Waals surface area contributed by atoms with Crippen molar-refractivity contribution in [2.45, 2.75) is 31.8 Å². The zero-order valence-electron chi connectivity index (χ0n) is 13.5. The monoisotopic (exact) mass is 347 g/mol. The van der Waals surface area contributed by atoms with Gasteiger partial charge in [-0.25, -0.2) is 5.48 Å². The fourth-order valence-corrected chi connectivity index (χ4v) is 4.09. The van der Waals surface area contributed by atoms with Crippen molar-refractivity contribution in [2.24, 2.45) is 0 Å². The van der Waals surface area contributed by atoms with Gasteiger partial charge in [0.25, 0.3) is 5.91 Å². The number of hydrogen-bond acceptors (Lipinski definition) is 6. The third-order valence-corrected chi connectivity index (χ3v) is 5.34. The summed E-state index contributed by atoms with van der Waals surface area (Å²) in [7, 11) is 0. The summed E-state index contributed by atoms with van der Waals surface area (Å²) >= 11 is 1.81. The molecule has 0 aliphatic carbocycles. The second-order valence-corrected chi connectivity index (χ2v) is 7.27. The molecule has 1 aliphatic heterocycles. The van der Waals surface area contributed by atoms with Gasteiger partial charge in [-0.1, -0.05) is 28.9 Å². The standard InChI is InChI=1S/C17H21N3O3S/c1-12-3-2-4-13(9-12)15-10-14(20-23-15)11-18-17(16(21)19-22)5-7-24-8-6-17/h2-4,9-10,18,22H,5-8,11H2,1H3,(H,19,21). The zero-order valence-corrected chi connectivity index (χ0v) is 14.4. The molecule has 7 heteroatoms. The van der Waals surface area contributed by atoms with E-state index in [0.29, 0.717) is 25.1 Å². The third-order valence-electron chi connectivity index (χ3n) is 4.35. The second kappa shape index (κ2) is 7.38. The Hall–Kier alpha value is -1.83. The van der Waals surface area contributed by atoms with E-state index in [1.165, 1.54) is 0 Å². The van der Waals surface area contributed by atoms with Crippen LogP contribution in [0.15, 0.2) is 34.9 Å². The summed E-state index contributed by atoms with van der Waals surface area (Å²) in [5.74, 6) is 2.09. The molecule has 3 N–H and O–H groups in total. The summed E-state index contributed by atoms with van der Waals surface area (Å²) in [6, 6.07) is 9.90. The highest BCUT2D eigenvalue weighted by Gasteiger charge is 2.39. The van der Waals surface area contributed by atoms with Crippen molar-refractivity contribution in [2.75, 3.05) is 11.5 Å². The number of hydrogen-bond donors (Lipinski definition) is 3. The number of carbonyl (C=O) groups excluding carboxylic acids is 1. The van der Waals surface area contributed by atoms with Crippen LogP contribution in [0.25, 0.3) is 11.3 Å². The fourth-order valence-electron chi connectivity index (χ4n) is 2.90. The Bertz CT molecular complexity index is 711. The molecule has 1 aromatic carbocycles. The molecule has 1 fully saturated rings. The van der Waals surface area contributed by atoms with Crippen LogP contribution in [0.2, 0.25) is 0 Å². The number of nitrogens with one attached hydrogen (secondary N) is 2. The summed E-state index contributed by atoms with van der Waals surface area (Å²) in [5.41, 5.74) is 3.91. The first-order valence-electron chi connectivity index (χ1n) is 7.93. The molecule has 1 saturated heterocycles. The van der Waals surface area contributed by atoms with Crippen molar-refractivity contribution in [3.05, 3.63) is 41.6 Å². The predicted octanol–water partition coefficient (Wildman–Crippen LogP) is 2.51. The lowest BCUT2D eigenvalue weighted by Gasteiger charge is -2.35. The van der Waals surface area contributed by atoms with Gasteiger partial charge in [0.15, 0.2) is 5.76 Å². The first kappa shape index (κ1) is 17.0. The minimum atomic E-state index is -0.748. The topological polar surface area (TPSA) is 87.4 Å². The zero-order chi connectivity index (χ0) is 17.0. The van der Waals surface area contributed by atoms with Gasteiger partial charge in [0.2, 0.25) is 0 Å². The van der Waals surface area contributed by atoms with Gasteiger partial charge in [0, 0.05) is 18.2 Å². The van der Waals surface area contributed by atoms with E-state index in [1.807, 2.05) is 49.0 Å². The first-order valence-corrected chi connectivity index (χ1v) is 9.08. The summed E-state index contributed by atoms with van der Waals surface area (Å²) in [4.78, 5) is 12.1. The van der Waals surface area contributed by atoms with Crippen LogP contribution >= 0.6 is 11.8 Å².